The first kappa shape index (κ1) is 25.3. The maximum atomic E-state index is 11.7. The highest BCUT2D eigenvalue weighted by Crippen LogP contribution is 2.28. The molecular weight excluding hydrogens is 527 g/mol. The molecule has 3 rings (SSSR count). The molecule has 1 fully saturated rings. The second kappa shape index (κ2) is 13.4. The van der Waals surface area contributed by atoms with Gasteiger partial charge in [-0.3, -0.25) is 4.79 Å². The Morgan fingerprint density at radius 1 is 1.03 bits per heavy atom. The number of nitrogens with zero attached hydrogens (tertiary/aromatic N) is 1. The van der Waals surface area contributed by atoms with E-state index in [1.807, 2.05) is 55.5 Å². The van der Waals surface area contributed by atoms with Crippen molar-refractivity contribution in [2.45, 2.75) is 32.9 Å². The number of hydrogen-bond acceptors (Lipinski definition) is 3. The molecule has 0 atom stereocenters. The summed E-state index contributed by atoms with van der Waals surface area (Å²) >= 11 is 6.18. The van der Waals surface area contributed by atoms with Gasteiger partial charge in [-0.05, 0) is 43.0 Å². The molecule has 0 radical (unpaired) electrons. The first-order chi connectivity index (χ1) is 14.7. The summed E-state index contributed by atoms with van der Waals surface area (Å²) in [5.74, 6) is 1.78. The summed E-state index contributed by atoms with van der Waals surface area (Å²) in [5, 5.41) is 10.1. The van der Waals surface area contributed by atoms with Gasteiger partial charge in [0.05, 0.1) is 11.6 Å². The molecule has 0 heterocycles. The monoisotopic (exact) mass is 556 g/mol. The van der Waals surface area contributed by atoms with Crippen molar-refractivity contribution in [3.63, 3.8) is 0 Å². The van der Waals surface area contributed by atoms with Gasteiger partial charge in [-0.2, -0.15) is 0 Å². The molecule has 0 unspecified atom stereocenters. The average molecular weight is 557 g/mol. The fraction of sp³-hybridized carbons (Fsp3) is 0.391. The minimum absolute atomic E-state index is 0. The Kier molecular flexibility index (Phi) is 10.9. The van der Waals surface area contributed by atoms with Gasteiger partial charge < -0.3 is 20.7 Å². The van der Waals surface area contributed by atoms with Gasteiger partial charge in [0, 0.05) is 25.6 Å². The van der Waals surface area contributed by atoms with Crippen molar-refractivity contribution in [1.82, 2.24) is 16.0 Å². The zero-order chi connectivity index (χ0) is 21.2. The first-order valence-corrected chi connectivity index (χ1v) is 10.8. The third-order valence-corrected chi connectivity index (χ3v) is 5.07. The van der Waals surface area contributed by atoms with E-state index in [1.165, 1.54) is 0 Å². The zero-order valence-electron chi connectivity index (χ0n) is 17.7. The molecule has 0 aliphatic heterocycles. The van der Waals surface area contributed by atoms with Crippen LogP contribution in [0.15, 0.2) is 53.5 Å². The number of carbonyl (C=O) groups is 1. The number of rotatable bonds is 10. The number of halogens is 2. The van der Waals surface area contributed by atoms with E-state index in [9.17, 15) is 4.79 Å². The quantitative estimate of drug-likeness (QED) is 0.178. The zero-order valence-corrected chi connectivity index (χ0v) is 20.8. The lowest BCUT2D eigenvalue weighted by atomic mass is 10.1. The molecule has 1 amide bonds. The molecule has 0 spiro atoms. The molecular formula is C23H30ClIN4O2. The van der Waals surface area contributed by atoms with Crippen LogP contribution in [0.4, 0.5) is 0 Å². The molecule has 3 N–H and O–H groups in total. The highest BCUT2D eigenvalue weighted by Gasteiger charge is 2.28. The Morgan fingerprint density at radius 2 is 1.71 bits per heavy atom. The number of amides is 1. The van der Waals surface area contributed by atoms with Gasteiger partial charge in [-0.15, -0.1) is 24.0 Å². The van der Waals surface area contributed by atoms with Gasteiger partial charge in [0.25, 0.3) is 0 Å². The van der Waals surface area contributed by atoms with Crippen molar-refractivity contribution in [2.75, 3.05) is 19.6 Å². The maximum absolute atomic E-state index is 11.7. The van der Waals surface area contributed by atoms with Gasteiger partial charge in [-0.25, -0.2) is 4.99 Å². The van der Waals surface area contributed by atoms with E-state index in [2.05, 4.69) is 20.9 Å². The lowest BCUT2D eigenvalue weighted by molar-refractivity contribution is -0.122. The summed E-state index contributed by atoms with van der Waals surface area (Å²) in [6.45, 7) is 4.94. The Labute approximate surface area is 206 Å². The third-order valence-electron chi connectivity index (χ3n) is 4.75. The van der Waals surface area contributed by atoms with E-state index in [-0.39, 0.29) is 35.8 Å². The molecule has 2 aromatic rings. The summed E-state index contributed by atoms with van der Waals surface area (Å²) in [7, 11) is 0. The highest BCUT2D eigenvalue weighted by molar-refractivity contribution is 14.0. The molecule has 1 aliphatic rings. The van der Waals surface area contributed by atoms with E-state index in [0.29, 0.717) is 37.0 Å². The van der Waals surface area contributed by atoms with Crippen LogP contribution in [0.5, 0.6) is 5.75 Å². The second-order valence-electron chi connectivity index (χ2n) is 7.18. The highest BCUT2D eigenvalue weighted by atomic mass is 127. The SMILES string of the molecule is CCNC(=NCc1ccccc1COc1ccccc1Cl)NCCNC(=O)C1CC1.I. The van der Waals surface area contributed by atoms with Crippen LogP contribution in [-0.2, 0) is 17.9 Å². The number of nitrogens with one attached hydrogen (secondary N) is 3. The normalized spacial score (nSPS) is 13.2. The van der Waals surface area contributed by atoms with Crippen molar-refractivity contribution >= 4 is 47.4 Å². The van der Waals surface area contributed by atoms with E-state index in [4.69, 9.17) is 16.3 Å². The molecule has 0 bridgehead atoms. The Morgan fingerprint density at radius 3 is 2.42 bits per heavy atom. The Bertz CT molecular complexity index is 874. The van der Waals surface area contributed by atoms with Crippen LogP contribution in [0.2, 0.25) is 5.02 Å². The predicted molar refractivity (Wildman–Crippen MR) is 136 cm³/mol. The number of benzene rings is 2. The summed E-state index contributed by atoms with van der Waals surface area (Å²) in [5.41, 5.74) is 2.15. The smallest absolute Gasteiger partial charge is 0.223 e. The number of hydrogen-bond donors (Lipinski definition) is 3. The summed E-state index contributed by atoms with van der Waals surface area (Å²) in [6.07, 6.45) is 2.03. The second-order valence-corrected chi connectivity index (χ2v) is 7.58. The van der Waals surface area contributed by atoms with Gasteiger partial charge in [0.2, 0.25) is 5.91 Å². The summed E-state index contributed by atoms with van der Waals surface area (Å²) in [4.78, 5) is 16.4. The van der Waals surface area contributed by atoms with E-state index >= 15 is 0 Å². The molecule has 168 valence electrons. The summed E-state index contributed by atoms with van der Waals surface area (Å²) in [6, 6.07) is 15.5. The largest absolute Gasteiger partial charge is 0.487 e. The van der Waals surface area contributed by atoms with Gasteiger partial charge in [0.15, 0.2) is 5.96 Å². The lowest BCUT2D eigenvalue weighted by Crippen LogP contribution is -2.41. The molecule has 2 aromatic carbocycles. The summed E-state index contributed by atoms with van der Waals surface area (Å²) < 4.78 is 5.89. The molecule has 1 saturated carbocycles. The van der Waals surface area contributed by atoms with Gasteiger partial charge >= 0.3 is 0 Å². The van der Waals surface area contributed by atoms with Gasteiger partial charge in [-0.1, -0.05) is 48.0 Å². The average Bonchev–Trinajstić information content (AvgIpc) is 3.60. The van der Waals surface area contributed by atoms with Crippen LogP contribution in [0.3, 0.4) is 0 Å². The minimum atomic E-state index is 0. The van der Waals surface area contributed by atoms with Crippen LogP contribution in [0.25, 0.3) is 0 Å². The molecule has 31 heavy (non-hydrogen) atoms. The van der Waals surface area contributed by atoms with Crippen molar-refractivity contribution in [2.24, 2.45) is 10.9 Å². The topological polar surface area (TPSA) is 74.8 Å². The standard InChI is InChI=1S/C23H29ClN4O2.HI/c1-2-25-23(27-14-13-26-22(29)17-11-12-17)28-15-18-7-3-4-8-19(18)16-30-21-10-6-5-9-20(21)24;/h3-10,17H,2,11-16H2,1H3,(H,26,29)(H2,25,27,28);1H. The number of para-hydroxylation sites is 1. The first-order valence-electron chi connectivity index (χ1n) is 10.4. The van der Waals surface area contributed by atoms with E-state index in [0.717, 1.165) is 36.5 Å². The molecule has 8 heteroatoms. The van der Waals surface area contributed by atoms with E-state index in [1.54, 1.807) is 0 Å². The number of ether oxygens (including phenoxy) is 1. The third kappa shape index (κ3) is 8.57. The van der Waals surface area contributed by atoms with Crippen molar-refractivity contribution in [3.05, 3.63) is 64.7 Å². The number of guanidine groups is 1. The van der Waals surface area contributed by atoms with Crippen LogP contribution in [0, 0.1) is 5.92 Å². The molecule has 6 nitrogen and oxygen atoms in total. The number of aliphatic imine (C=N–C) groups is 1. The van der Waals surface area contributed by atoms with Crippen molar-refractivity contribution in [1.29, 1.82) is 0 Å². The molecule has 0 aromatic heterocycles. The molecule has 1 aliphatic carbocycles. The molecule has 0 saturated heterocycles. The lowest BCUT2D eigenvalue weighted by Gasteiger charge is -2.13. The van der Waals surface area contributed by atoms with Crippen LogP contribution >= 0.6 is 35.6 Å². The Balaban J connectivity index is 0.00000341. The van der Waals surface area contributed by atoms with Gasteiger partial charge in [0.1, 0.15) is 12.4 Å². The van der Waals surface area contributed by atoms with Crippen LogP contribution in [-0.4, -0.2) is 31.5 Å². The number of carbonyl (C=O) groups excluding carboxylic acids is 1. The van der Waals surface area contributed by atoms with E-state index < -0.39 is 0 Å². The fourth-order valence-electron chi connectivity index (χ4n) is 2.93. The van der Waals surface area contributed by atoms with Crippen molar-refractivity contribution in [3.8, 4) is 5.75 Å². The van der Waals surface area contributed by atoms with Crippen molar-refractivity contribution < 1.29 is 9.53 Å². The fourth-order valence-corrected chi connectivity index (χ4v) is 3.12. The predicted octanol–water partition coefficient (Wildman–Crippen LogP) is 4.12. The minimum Gasteiger partial charge on any atom is -0.487 e. The Hall–Kier alpha value is -2.00. The van der Waals surface area contributed by atoms with Crippen LogP contribution in [0.1, 0.15) is 30.9 Å². The maximum Gasteiger partial charge on any atom is 0.223 e. The van der Waals surface area contributed by atoms with Crippen LogP contribution < -0.4 is 20.7 Å².